The van der Waals surface area contributed by atoms with Crippen molar-refractivity contribution in [2.45, 2.75) is 35.5 Å². The van der Waals surface area contributed by atoms with Gasteiger partial charge in [-0.1, -0.05) is 12.8 Å². The van der Waals surface area contributed by atoms with Crippen molar-refractivity contribution in [2.75, 3.05) is 17.8 Å². The van der Waals surface area contributed by atoms with Crippen LogP contribution < -0.4 is 0 Å². The van der Waals surface area contributed by atoms with Crippen molar-refractivity contribution in [1.82, 2.24) is 0 Å². The average Bonchev–Trinajstić information content (AvgIpc) is 2.33. The first-order chi connectivity index (χ1) is 8.54. The lowest BCUT2D eigenvalue weighted by atomic mass is 10.2. The molecule has 0 atom stereocenters. The fraction of sp³-hybridized carbons (Fsp3) is 0.538. The smallest absolute Gasteiger partial charge is 0.175 e. The van der Waals surface area contributed by atoms with Crippen LogP contribution in [0.1, 0.15) is 25.7 Å². The second kappa shape index (κ2) is 8.12. The molecule has 0 N–H and O–H groups in total. The summed E-state index contributed by atoms with van der Waals surface area (Å²) in [5, 5.41) is 0. The molecule has 1 aromatic rings. The molecule has 0 radical (unpaired) electrons. The van der Waals surface area contributed by atoms with E-state index >= 15 is 0 Å². The molecule has 0 aliphatic rings. The molecule has 0 saturated heterocycles. The van der Waals surface area contributed by atoms with Gasteiger partial charge < -0.3 is 0 Å². The van der Waals surface area contributed by atoms with Crippen LogP contribution in [0.4, 0.5) is 0 Å². The fourth-order valence-electron chi connectivity index (χ4n) is 1.54. The van der Waals surface area contributed by atoms with E-state index in [0.717, 1.165) is 16.4 Å². The molecule has 0 unspecified atom stereocenters. The highest BCUT2D eigenvalue weighted by atomic mass is 32.2. The zero-order chi connectivity index (χ0) is 13.4. The molecule has 1 rings (SSSR count). The minimum atomic E-state index is -3.07. The molecule has 1 aromatic carbocycles. The van der Waals surface area contributed by atoms with Crippen LogP contribution in [0.15, 0.2) is 34.1 Å². The molecule has 18 heavy (non-hydrogen) atoms. The Hall–Kier alpha value is -0.130. The molecule has 5 heteroatoms. The number of benzene rings is 1. The van der Waals surface area contributed by atoms with Crippen LogP contribution in [0.25, 0.3) is 0 Å². The Morgan fingerprint density at radius 1 is 1.06 bits per heavy atom. The van der Waals surface area contributed by atoms with Crippen molar-refractivity contribution < 1.29 is 8.42 Å². The minimum absolute atomic E-state index is 0.389. The molecule has 0 aliphatic heterocycles. The fourth-order valence-corrected chi connectivity index (χ4v) is 3.31. The van der Waals surface area contributed by atoms with Gasteiger partial charge in [-0.3, -0.25) is 0 Å². The molecule has 0 fully saturated rings. The third-order valence-corrected chi connectivity index (χ3v) is 5.12. The number of sulfone groups is 1. The van der Waals surface area contributed by atoms with Gasteiger partial charge in [0.1, 0.15) is 0 Å². The average molecular weight is 305 g/mol. The maximum absolute atomic E-state index is 11.3. The Morgan fingerprint density at radius 3 is 2.22 bits per heavy atom. The number of rotatable bonds is 8. The van der Waals surface area contributed by atoms with Gasteiger partial charge in [0.25, 0.3) is 0 Å². The molecule has 0 spiro atoms. The third kappa shape index (κ3) is 6.16. The number of hydrogen-bond donors (Lipinski definition) is 1. The van der Waals surface area contributed by atoms with E-state index < -0.39 is 9.84 Å². The maximum atomic E-state index is 11.3. The normalized spacial score (nSPS) is 11.7. The van der Waals surface area contributed by atoms with E-state index in [-0.39, 0.29) is 0 Å². The summed E-state index contributed by atoms with van der Waals surface area (Å²) in [5.41, 5.74) is 0. The van der Waals surface area contributed by atoms with Crippen LogP contribution in [0.2, 0.25) is 0 Å². The van der Waals surface area contributed by atoms with Gasteiger partial charge in [0.15, 0.2) is 9.84 Å². The van der Waals surface area contributed by atoms with Crippen molar-refractivity contribution >= 4 is 34.2 Å². The summed E-state index contributed by atoms with van der Waals surface area (Å²) in [6.45, 7) is 0. The van der Waals surface area contributed by atoms with E-state index in [0.29, 0.717) is 4.90 Å². The second-order valence-corrected chi connectivity index (χ2v) is 7.86. The van der Waals surface area contributed by atoms with Gasteiger partial charge >= 0.3 is 0 Å². The van der Waals surface area contributed by atoms with Crippen LogP contribution in [0, 0.1) is 0 Å². The van der Waals surface area contributed by atoms with Crippen LogP contribution in [0.5, 0.6) is 0 Å². The Labute approximate surface area is 120 Å². The summed E-state index contributed by atoms with van der Waals surface area (Å²) in [7, 11) is -3.07. The van der Waals surface area contributed by atoms with Crippen molar-refractivity contribution in [3.8, 4) is 0 Å². The number of thioether (sulfide) groups is 1. The van der Waals surface area contributed by atoms with Gasteiger partial charge in [0.2, 0.25) is 0 Å². The van der Waals surface area contributed by atoms with Crippen molar-refractivity contribution in [2.24, 2.45) is 0 Å². The predicted octanol–water partition coefficient (Wildman–Crippen LogP) is 3.67. The van der Waals surface area contributed by atoms with Crippen molar-refractivity contribution in [3.05, 3.63) is 24.3 Å². The van der Waals surface area contributed by atoms with E-state index in [2.05, 4.69) is 12.6 Å². The van der Waals surface area contributed by atoms with Gasteiger partial charge in [0, 0.05) is 11.2 Å². The van der Waals surface area contributed by atoms with E-state index in [1.165, 1.54) is 31.9 Å². The van der Waals surface area contributed by atoms with Crippen molar-refractivity contribution in [3.63, 3.8) is 0 Å². The lowest BCUT2D eigenvalue weighted by Gasteiger charge is -2.03. The van der Waals surface area contributed by atoms with E-state index in [4.69, 9.17) is 0 Å². The molecular formula is C13H20O2S3. The van der Waals surface area contributed by atoms with E-state index in [9.17, 15) is 8.42 Å². The van der Waals surface area contributed by atoms with Gasteiger partial charge in [-0.05, 0) is 48.6 Å². The molecule has 2 nitrogen and oxygen atoms in total. The molecule has 0 aromatic heterocycles. The molecule has 0 bridgehead atoms. The predicted molar refractivity (Wildman–Crippen MR) is 82.6 cm³/mol. The van der Waals surface area contributed by atoms with Crippen LogP contribution in [0.3, 0.4) is 0 Å². The van der Waals surface area contributed by atoms with Gasteiger partial charge in [-0.15, -0.1) is 11.8 Å². The summed E-state index contributed by atoms with van der Waals surface area (Å²) < 4.78 is 22.6. The second-order valence-electron chi connectivity index (χ2n) is 4.23. The number of hydrogen-bond acceptors (Lipinski definition) is 4. The first kappa shape index (κ1) is 15.9. The summed E-state index contributed by atoms with van der Waals surface area (Å²) in [4.78, 5) is 1.53. The summed E-state index contributed by atoms with van der Waals surface area (Å²) >= 11 is 5.97. The van der Waals surface area contributed by atoms with Crippen LogP contribution >= 0.6 is 24.4 Å². The highest BCUT2D eigenvalue weighted by Gasteiger charge is 2.05. The largest absolute Gasteiger partial charge is 0.224 e. The topological polar surface area (TPSA) is 34.1 Å². The first-order valence-electron chi connectivity index (χ1n) is 6.08. The summed E-state index contributed by atoms with van der Waals surface area (Å²) in [6.07, 6.45) is 6.12. The van der Waals surface area contributed by atoms with Crippen molar-refractivity contribution in [1.29, 1.82) is 0 Å². The monoisotopic (exact) mass is 304 g/mol. The SMILES string of the molecule is CS(=O)(=O)c1ccc(SCCCCCCS)cc1. The molecular weight excluding hydrogens is 284 g/mol. The quantitative estimate of drug-likeness (QED) is 0.452. The van der Waals surface area contributed by atoms with Crippen LogP contribution in [-0.2, 0) is 9.84 Å². The number of thiol groups is 1. The molecule has 0 amide bonds. The van der Waals surface area contributed by atoms with Gasteiger partial charge in [-0.2, -0.15) is 12.6 Å². The standard InChI is InChI=1S/C13H20O2S3/c1-18(14,15)13-8-6-12(7-9-13)17-11-5-3-2-4-10-16/h6-9,16H,2-5,10-11H2,1H3. The Balaban J connectivity index is 2.32. The van der Waals surface area contributed by atoms with Crippen LogP contribution in [-0.4, -0.2) is 26.2 Å². The zero-order valence-corrected chi connectivity index (χ0v) is 13.2. The highest BCUT2D eigenvalue weighted by Crippen LogP contribution is 2.21. The maximum Gasteiger partial charge on any atom is 0.175 e. The zero-order valence-electron chi connectivity index (χ0n) is 10.6. The molecule has 0 saturated carbocycles. The molecule has 0 heterocycles. The third-order valence-electron chi connectivity index (χ3n) is 2.57. The summed E-state index contributed by atoms with van der Waals surface area (Å²) in [5.74, 6) is 2.06. The number of unbranched alkanes of at least 4 members (excludes halogenated alkanes) is 3. The first-order valence-corrected chi connectivity index (χ1v) is 9.59. The minimum Gasteiger partial charge on any atom is -0.224 e. The van der Waals surface area contributed by atoms with E-state index in [1.807, 2.05) is 12.1 Å². The lowest BCUT2D eigenvalue weighted by Crippen LogP contribution is -1.96. The molecule has 102 valence electrons. The Kier molecular flexibility index (Phi) is 7.19. The summed E-state index contributed by atoms with van der Waals surface area (Å²) in [6, 6.07) is 7.13. The van der Waals surface area contributed by atoms with Gasteiger partial charge in [0.05, 0.1) is 4.90 Å². The van der Waals surface area contributed by atoms with E-state index in [1.54, 1.807) is 23.9 Å². The molecule has 0 aliphatic carbocycles. The lowest BCUT2D eigenvalue weighted by molar-refractivity contribution is 0.602. The van der Waals surface area contributed by atoms with Gasteiger partial charge in [-0.25, -0.2) is 8.42 Å². The highest BCUT2D eigenvalue weighted by molar-refractivity contribution is 7.99. The Morgan fingerprint density at radius 2 is 1.67 bits per heavy atom. The Bertz CT molecular complexity index is 438.